The Kier molecular flexibility index (Phi) is 6.55. The highest BCUT2D eigenvalue weighted by molar-refractivity contribution is 7.87. The van der Waals surface area contributed by atoms with Crippen molar-refractivity contribution in [2.45, 2.75) is 32.9 Å². The molecule has 0 aliphatic rings. The van der Waals surface area contributed by atoms with Gasteiger partial charge in [-0.15, -0.1) is 0 Å². The molecule has 5 nitrogen and oxygen atoms in total. The highest BCUT2D eigenvalue weighted by atomic mass is 32.2. The molecule has 0 aliphatic heterocycles. The third kappa shape index (κ3) is 6.53. The number of nitrogens with one attached hydrogen (secondary N) is 2. The van der Waals surface area contributed by atoms with E-state index >= 15 is 0 Å². The monoisotopic (exact) mass is 291 g/mol. The van der Waals surface area contributed by atoms with E-state index in [1.54, 1.807) is 0 Å². The standard InChI is InChI=1S/C9H20F3N3O2S/c1-3-8(4-2,5-13)6-14-18(16,17)15-7-9(10,11)12/h14-15H,3-7,13H2,1-2H3. The minimum absolute atomic E-state index is 0.0176. The molecule has 0 heterocycles. The molecule has 0 radical (unpaired) electrons. The molecule has 0 aliphatic carbocycles. The lowest BCUT2D eigenvalue weighted by atomic mass is 9.83. The van der Waals surface area contributed by atoms with Crippen molar-refractivity contribution >= 4 is 10.2 Å². The van der Waals surface area contributed by atoms with E-state index in [2.05, 4.69) is 4.72 Å². The summed E-state index contributed by atoms with van der Waals surface area (Å²) >= 11 is 0. The topological polar surface area (TPSA) is 84.2 Å². The maximum atomic E-state index is 11.9. The third-order valence-electron chi connectivity index (χ3n) is 3.03. The molecule has 0 aromatic carbocycles. The van der Waals surface area contributed by atoms with Gasteiger partial charge in [0.25, 0.3) is 10.2 Å². The van der Waals surface area contributed by atoms with Crippen LogP contribution in [0.2, 0.25) is 0 Å². The molecule has 0 saturated heterocycles. The molecule has 18 heavy (non-hydrogen) atoms. The van der Waals surface area contributed by atoms with Gasteiger partial charge in [0.2, 0.25) is 0 Å². The average molecular weight is 291 g/mol. The van der Waals surface area contributed by atoms with Gasteiger partial charge >= 0.3 is 6.18 Å². The van der Waals surface area contributed by atoms with E-state index < -0.39 is 28.3 Å². The molecule has 0 unspecified atom stereocenters. The second-order valence-corrected chi connectivity index (χ2v) is 5.76. The molecule has 0 rings (SSSR count). The van der Waals surface area contributed by atoms with Gasteiger partial charge in [-0.2, -0.15) is 26.3 Å². The summed E-state index contributed by atoms with van der Waals surface area (Å²) in [6, 6.07) is 0. The minimum Gasteiger partial charge on any atom is -0.330 e. The Morgan fingerprint density at radius 2 is 1.50 bits per heavy atom. The Labute approximate surface area is 105 Å². The van der Waals surface area contributed by atoms with E-state index in [-0.39, 0.29) is 13.1 Å². The van der Waals surface area contributed by atoms with Crippen molar-refractivity contribution in [1.29, 1.82) is 0 Å². The van der Waals surface area contributed by atoms with Gasteiger partial charge in [0.1, 0.15) is 6.54 Å². The first-order valence-corrected chi connectivity index (χ1v) is 7.09. The Balaban J connectivity index is 4.42. The maximum absolute atomic E-state index is 11.9. The molecule has 110 valence electrons. The van der Waals surface area contributed by atoms with Crippen LogP contribution in [0.3, 0.4) is 0 Å². The molecular weight excluding hydrogens is 271 g/mol. The number of rotatable bonds is 8. The minimum atomic E-state index is -4.57. The molecule has 4 N–H and O–H groups in total. The lowest BCUT2D eigenvalue weighted by molar-refractivity contribution is -0.121. The van der Waals surface area contributed by atoms with Crippen LogP contribution >= 0.6 is 0 Å². The summed E-state index contributed by atoms with van der Waals surface area (Å²) in [4.78, 5) is 0. The van der Waals surface area contributed by atoms with E-state index in [0.29, 0.717) is 12.8 Å². The van der Waals surface area contributed by atoms with Crippen molar-refractivity contribution in [1.82, 2.24) is 9.44 Å². The van der Waals surface area contributed by atoms with Crippen molar-refractivity contribution in [3.05, 3.63) is 0 Å². The molecule has 9 heteroatoms. The smallest absolute Gasteiger partial charge is 0.330 e. The summed E-state index contributed by atoms with van der Waals surface area (Å²) in [5.41, 5.74) is 5.14. The van der Waals surface area contributed by atoms with E-state index in [1.807, 2.05) is 13.8 Å². The van der Waals surface area contributed by atoms with Crippen LogP contribution in [-0.4, -0.2) is 34.2 Å². The van der Waals surface area contributed by atoms with Crippen LogP contribution in [0.4, 0.5) is 13.2 Å². The summed E-state index contributed by atoms with van der Waals surface area (Å²) in [7, 11) is -4.15. The third-order valence-corrected chi connectivity index (χ3v) is 4.08. The number of alkyl halides is 3. The predicted octanol–water partition coefficient (Wildman–Crippen LogP) is 0.738. The molecule has 0 bridgehead atoms. The molecule has 0 atom stereocenters. The van der Waals surface area contributed by atoms with Crippen LogP contribution in [0.15, 0.2) is 0 Å². The summed E-state index contributed by atoms with van der Waals surface area (Å²) in [5.74, 6) is 0. The van der Waals surface area contributed by atoms with E-state index in [1.165, 1.54) is 4.72 Å². The maximum Gasteiger partial charge on any atom is 0.402 e. The summed E-state index contributed by atoms with van der Waals surface area (Å²) in [5, 5.41) is 0. The SMILES string of the molecule is CCC(CC)(CN)CNS(=O)(=O)NCC(F)(F)F. The highest BCUT2D eigenvalue weighted by Crippen LogP contribution is 2.23. The van der Waals surface area contributed by atoms with Gasteiger partial charge in [0, 0.05) is 6.54 Å². The fraction of sp³-hybridized carbons (Fsp3) is 1.00. The Bertz CT molecular complexity index is 331. The fourth-order valence-corrected chi connectivity index (χ4v) is 2.29. The highest BCUT2D eigenvalue weighted by Gasteiger charge is 2.31. The van der Waals surface area contributed by atoms with Crippen molar-refractivity contribution < 1.29 is 21.6 Å². The van der Waals surface area contributed by atoms with Crippen molar-refractivity contribution in [2.75, 3.05) is 19.6 Å². The molecule has 0 amide bonds. The zero-order chi connectivity index (χ0) is 14.4. The number of halogens is 3. The van der Waals surface area contributed by atoms with E-state index in [9.17, 15) is 21.6 Å². The molecule has 0 spiro atoms. The summed E-state index contributed by atoms with van der Waals surface area (Å²) in [6.07, 6.45) is -3.29. The van der Waals surface area contributed by atoms with Gasteiger partial charge in [-0.25, -0.2) is 4.72 Å². The Morgan fingerprint density at radius 3 is 1.83 bits per heavy atom. The summed E-state index contributed by atoms with van der Waals surface area (Å²) in [6.45, 7) is 2.41. The fourth-order valence-electron chi connectivity index (χ4n) is 1.34. The zero-order valence-electron chi connectivity index (χ0n) is 10.5. The van der Waals surface area contributed by atoms with Gasteiger partial charge < -0.3 is 5.73 Å². The van der Waals surface area contributed by atoms with Gasteiger partial charge in [-0.3, -0.25) is 0 Å². The lowest BCUT2D eigenvalue weighted by Gasteiger charge is -2.30. The van der Waals surface area contributed by atoms with Gasteiger partial charge in [0.15, 0.2) is 0 Å². The normalized spacial score (nSPS) is 13.9. The van der Waals surface area contributed by atoms with Crippen LogP contribution in [0, 0.1) is 5.41 Å². The number of hydrogen-bond acceptors (Lipinski definition) is 3. The second-order valence-electron chi connectivity index (χ2n) is 4.17. The Hall–Kier alpha value is -0.380. The van der Waals surface area contributed by atoms with E-state index in [0.717, 1.165) is 0 Å². The summed E-state index contributed by atoms with van der Waals surface area (Å²) < 4.78 is 61.8. The second kappa shape index (κ2) is 6.69. The molecule has 0 fully saturated rings. The van der Waals surface area contributed by atoms with Gasteiger partial charge in [-0.1, -0.05) is 13.8 Å². The first-order chi connectivity index (χ1) is 8.10. The largest absolute Gasteiger partial charge is 0.402 e. The Morgan fingerprint density at radius 1 is 1.06 bits per heavy atom. The van der Waals surface area contributed by atoms with E-state index in [4.69, 9.17) is 5.73 Å². The molecule has 0 saturated carbocycles. The lowest BCUT2D eigenvalue weighted by Crippen LogP contribution is -2.47. The molecule has 0 aromatic rings. The van der Waals surface area contributed by atoms with Crippen molar-refractivity contribution in [3.63, 3.8) is 0 Å². The van der Waals surface area contributed by atoms with Crippen molar-refractivity contribution in [2.24, 2.45) is 11.1 Å². The zero-order valence-corrected chi connectivity index (χ0v) is 11.3. The van der Waals surface area contributed by atoms with Crippen LogP contribution in [0.1, 0.15) is 26.7 Å². The van der Waals surface area contributed by atoms with Crippen LogP contribution in [-0.2, 0) is 10.2 Å². The van der Waals surface area contributed by atoms with Crippen molar-refractivity contribution in [3.8, 4) is 0 Å². The average Bonchev–Trinajstić information content (AvgIpc) is 2.29. The predicted molar refractivity (Wildman–Crippen MR) is 63.0 cm³/mol. The number of nitrogens with two attached hydrogens (primary N) is 1. The number of hydrogen-bond donors (Lipinski definition) is 3. The molecular formula is C9H20F3N3O2S. The van der Waals surface area contributed by atoms with Crippen LogP contribution in [0.5, 0.6) is 0 Å². The van der Waals surface area contributed by atoms with Gasteiger partial charge in [-0.05, 0) is 24.8 Å². The quantitative estimate of drug-likeness (QED) is 0.616. The first-order valence-electron chi connectivity index (χ1n) is 5.61. The van der Waals surface area contributed by atoms with Crippen LogP contribution < -0.4 is 15.2 Å². The molecule has 0 aromatic heterocycles. The van der Waals surface area contributed by atoms with Gasteiger partial charge in [0.05, 0.1) is 0 Å². The first kappa shape index (κ1) is 17.6. The van der Waals surface area contributed by atoms with Crippen LogP contribution in [0.25, 0.3) is 0 Å².